The zero-order chi connectivity index (χ0) is 25.5. The lowest BCUT2D eigenvalue weighted by Crippen LogP contribution is -2.46. The molecular weight excluding hydrogens is 449 g/mol. The number of benzene rings is 2. The molecule has 0 aliphatic carbocycles. The van der Waals surface area contributed by atoms with Crippen molar-refractivity contribution in [2.24, 2.45) is 5.92 Å². The number of carbonyl (C=O) groups excluding carboxylic acids is 2. The Labute approximate surface area is 207 Å². The summed E-state index contributed by atoms with van der Waals surface area (Å²) in [5.74, 6) is -0.0347. The zero-order valence-electron chi connectivity index (χ0n) is 21.2. The molecule has 2 aromatic carbocycles. The first-order chi connectivity index (χ1) is 16.7. The topological polar surface area (TPSA) is 71.1 Å². The molecule has 1 aliphatic rings. The van der Waals surface area contributed by atoms with Crippen molar-refractivity contribution in [2.45, 2.75) is 45.9 Å². The van der Waals surface area contributed by atoms with Crippen LogP contribution in [0.25, 0.3) is 0 Å². The van der Waals surface area contributed by atoms with E-state index in [0.29, 0.717) is 49.7 Å². The Bertz CT molecular complexity index is 1030. The number of hydrogen-bond donors (Lipinski definition) is 1. The molecule has 0 unspecified atom stereocenters. The van der Waals surface area contributed by atoms with E-state index in [1.807, 2.05) is 6.07 Å². The van der Waals surface area contributed by atoms with Gasteiger partial charge in [0.1, 0.15) is 18.2 Å². The number of methoxy groups -OCH3 is 1. The Balaban J connectivity index is 1.94. The molecule has 1 aliphatic heterocycles. The number of nitrogens with zero attached hydrogens (tertiary/aromatic N) is 2. The molecule has 0 spiro atoms. The monoisotopic (exact) mass is 485 g/mol. The third kappa shape index (κ3) is 7.02. The molecule has 0 saturated carbocycles. The van der Waals surface area contributed by atoms with Crippen LogP contribution in [0.4, 0.5) is 10.1 Å². The fraction of sp³-hybridized carbons (Fsp3) is 0.481. The molecule has 2 amide bonds. The Hall–Kier alpha value is -2.97. The van der Waals surface area contributed by atoms with Crippen LogP contribution in [0.3, 0.4) is 0 Å². The van der Waals surface area contributed by atoms with Crippen LogP contribution >= 0.6 is 0 Å². The van der Waals surface area contributed by atoms with Gasteiger partial charge in [0.05, 0.1) is 11.7 Å². The lowest BCUT2D eigenvalue weighted by Gasteiger charge is -2.36. The van der Waals surface area contributed by atoms with Crippen LogP contribution < -0.4 is 10.1 Å². The first-order valence-electron chi connectivity index (χ1n) is 12.0. The van der Waals surface area contributed by atoms with Gasteiger partial charge in [0, 0.05) is 58.0 Å². The second-order valence-corrected chi connectivity index (χ2v) is 9.27. The summed E-state index contributed by atoms with van der Waals surface area (Å²) in [5.41, 5.74) is 1.88. The van der Waals surface area contributed by atoms with Crippen molar-refractivity contribution in [1.82, 2.24) is 9.80 Å². The first kappa shape index (κ1) is 26.6. The van der Waals surface area contributed by atoms with Crippen LogP contribution in [0.2, 0.25) is 0 Å². The van der Waals surface area contributed by atoms with Gasteiger partial charge in [-0.25, -0.2) is 4.39 Å². The average Bonchev–Trinajstić information content (AvgIpc) is 2.84. The molecule has 2 aromatic rings. The molecule has 3 atom stereocenters. The number of nitrogens with one attached hydrogen (secondary N) is 1. The minimum atomic E-state index is -0.265. The predicted molar refractivity (Wildman–Crippen MR) is 134 cm³/mol. The fourth-order valence-corrected chi connectivity index (χ4v) is 4.26. The van der Waals surface area contributed by atoms with E-state index < -0.39 is 0 Å². The van der Waals surface area contributed by atoms with E-state index >= 15 is 0 Å². The molecule has 190 valence electrons. The number of carbonyl (C=O) groups is 2. The molecule has 0 aromatic heterocycles. The number of likely N-dealkylation sites (N-methyl/N-ethyl adjacent to an activating group) is 1. The number of fused-ring (bicyclic) bond motifs is 1. The Morgan fingerprint density at radius 2 is 1.97 bits per heavy atom. The average molecular weight is 486 g/mol. The van der Waals surface area contributed by atoms with Gasteiger partial charge < -0.3 is 19.7 Å². The van der Waals surface area contributed by atoms with Crippen LogP contribution in [-0.4, -0.2) is 67.6 Å². The molecule has 0 fully saturated rings. The highest BCUT2D eigenvalue weighted by molar-refractivity contribution is 5.98. The minimum Gasteiger partial charge on any atom is -0.491 e. The van der Waals surface area contributed by atoms with Gasteiger partial charge in [0.25, 0.3) is 5.91 Å². The maximum Gasteiger partial charge on any atom is 0.257 e. The minimum absolute atomic E-state index is 0.0350. The van der Waals surface area contributed by atoms with E-state index in [2.05, 4.69) is 24.1 Å². The second kappa shape index (κ2) is 12.1. The molecular formula is C27H36FN3O4. The summed E-state index contributed by atoms with van der Waals surface area (Å²) in [6.45, 7) is 7.89. The second-order valence-electron chi connectivity index (χ2n) is 9.27. The molecule has 1 N–H and O–H groups in total. The molecule has 7 nitrogen and oxygen atoms in total. The van der Waals surface area contributed by atoms with Crippen LogP contribution in [0.1, 0.15) is 43.1 Å². The van der Waals surface area contributed by atoms with E-state index in [9.17, 15) is 14.0 Å². The van der Waals surface area contributed by atoms with Crippen molar-refractivity contribution >= 4 is 17.5 Å². The summed E-state index contributed by atoms with van der Waals surface area (Å²) in [5, 5.41) is 2.82. The number of halogens is 1. The van der Waals surface area contributed by atoms with Crippen molar-refractivity contribution in [1.29, 1.82) is 0 Å². The molecule has 0 bridgehead atoms. The van der Waals surface area contributed by atoms with Gasteiger partial charge in [-0.05, 0) is 42.7 Å². The van der Waals surface area contributed by atoms with Crippen LogP contribution in [0, 0.1) is 11.7 Å². The predicted octanol–water partition coefficient (Wildman–Crippen LogP) is 4.18. The molecule has 8 heteroatoms. The highest BCUT2D eigenvalue weighted by Gasteiger charge is 2.28. The van der Waals surface area contributed by atoms with Crippen molar-refractivity contribution in [3.63, 3.8) is 0 Å². The molecule has 0 saturated heterocycles. The Morgan fingerprint density at radius 3 is 2.66 bits per heavy atom. The lowest BCUT2D eigenvalue weighted by atomic mass is 10.0. The number of anilines is 1. The van der Waals surface area contributed by atoms with Crippen molar-refractivity contribution in [3.8, 4) is 5.75 Å². The number of rotatable bonds is 5. The van der Waals surface area contributed by atoms with E-state index in [-0.39, 0.29) is 35.7 Å². The van der Waals surface area contributed by atoms with E-state index in [1.165, 1.54) is 6.07 Å². The summed E-state index contributed by atoms with van der Waals surface area (Å²) in [6.07, 6.45) is 0.167. The normalized spacial score (nSPS) is 21.9. The maximum absolute atomic E-state index is 13.8. The smallest absolute Gasteiger partial charge is 0.257 e. The van der Waals surface area contributed by atoms with Gasteiger partial charge in [-0.3, -0.25) is 14.5 Å². The lowest BCUT2D eigenvalue weighted by molar-refractivity contribution is -0.115. The molecule has 1 heterocycles. The fourth-order valence-electron chi connectivity index (χ4n) is 4.26. The van der Waals surface area contributed by atoms with Gasteiger partial charge in [0.15, 0.2) is 0 Å². The zero-order valence-corrected chi connectivity index (χ0v) is 21.2. The van der Waals surface area contributed by atoms with Crippen molar-refractivity contribution in [2.75, 3.05) is 39.2 Å². The van der Waals surface area contributed by atoms with Gasteiger partial charge in [-0.1, -0.05) is 26.0 Å². The third-order valence-corrected chi connectivity index (χ3v) is 6.46. The SMILES string of the molecule is CCC(=O)Nc1ccc2c(c1)OC[C@@H](C)N(Cc1cccc(F)c1)C[C@@H](C)[C@@H](OC)CN(C)C2=O. The third-order valence-electron chi connectivity index (χ3n) is 6.46. The first-order valence-corrected chi connectivity index (χ1v) is 12.0. The molecule has 35 heavy (non-hydrogen) atoms. The van der Waals surface area contributed by atoms with Gasteiger partial charge >= 0.3 is 0 Å². The summed E-state index contributed by atoms with van der Waals surface area (Å²) in [7, 11) is 3.40. The molecule has 0 radical (unpaired) electrons. The Kier molecular flexibility index (Phi) is 9.23. The van der Waals surface area contributed by atoms with Crippen molar-refractivity contribution in [3.05, 3.63) is 59.4 Å². The van der Waals surface area contributed by atoms with E-state index in [1.54, 1.807) is 56.3 Å². The van der Waals surface area contributed by atoms with Crippen molar-refractivity contribution < 1.29 is 23.5 Å². The Morgan fingerprint density at radius 1 is 1.20 bits per heavy atom. The summed E-state index contributed by atoms with van der Waals surface area (Å²) in [4.78, 5) is 29.1. The molecule has 3 rings (SSSR count). The van der Waals surface area contributed by atoms with Crippen LogP contribution in [-0.2, 0) is 16.1 Å². The standard InChI is InChI=1S/C27H36FN3O4/c1-6-26(32)29-22-10-11-23-24(13-22)35-17-19(3)31(15-20-8-7-9-21(28)12-20)14-18(2)25(34-5)16-30(4)27(23)33/h7-13,18-19,25H,6,14-17H2,1-5H3,(H,29,32)/t18-,19-,25+/m1/s1. The highest BCUT2D eigenvalue weighted by atomic mass is 19.1. The largest absolute Gasteiger partial charge is 0.491 e. The maximum atomic E-state index is 13.8. The quantitative estimate of drug-likeness (QED) is 0.688. The van der Waals surface area contributed by atoms with Crippen LogP contribution in [0.15, 0.2) is 42.5 Å². The number of amides is 2. The van der Waals surface area contributed by atoms with E-state index in [0.717, 1.165) is 5.56 Å². The number of ether oxygens (including phenoxy) is 2. The summed E-state index contributed by atoms with van der Waals surface area (Å²) < 4.78 is 25.8. The summed E-state index contributed by atoms with van der Waals surface area (Å²) >= 11 is 0. The van der Waals surface area contributed by atoms with Gasteiger partial charge in [-0.15, -0.1) is 0 Å². The van der Waals surface area contributed by atoms with Gasteiger partial charge in [0.2, 0.25) is 5.91 Å². The highest BCUT2D eigenvalue weighted by Crippen LogP contribution is 2.27. The van der Waals surface area contributed by atoms with Gasteiger partial charge in [-0.2, -0.15) is 0 Å². The van der Waals surface area contributed by atoms with E-state index in [4.69, 9.17) is 9.47 Å². The number of hydrogen-bond acceptors (Lipinski definition) is 5. The summed E-state index contributed by atoms with van der Waals surface area (Å²) in [6, 6.07) is 11.7. The van der Waals surface area contributed by atoms with Crippen LogP contribution in [0.5, 0.6) is 5.75 Å².